The molecule has 1 atom stereocenters. The molecular weight excluding hydrogens is 399 g/mol. The molecule has 2 N–H and O–H groups in total. The number of nitrogens with zero attached hydrogens (tertiary/aromatic N) is 4. The minimum absolute atomic E-state index is 0.129. The van der Waals surface area contributed by atoms with Crippen LogP contribution in [0.3, 0.4) is 0 Å². The Morgan fingerprint density at radius 1 is 1.13 bits per heavy atom. The van der Waals surface area contributed by atoms with Gasteiger partial charge in [0.15, 0.2) is 5.82 Å². The number of pyridine rings is 1. The Bertz CT molecular complexity index is 1140. The number of alkyl halides is 3. The topological polar surface area (TPSA) is 94.1 Å². The number of nitrogen functional groups attached to an aromatic ring is 1. The predicted molar refractivity (Wildman–Crippen MR) is 102 cm³/mol. The van der Waals surface area contributed by atoms with Crippen LogP contribution in [0.25, 0.3) is 5.82 Å². The van der Waals surface area contributed by atoms with Crippen LogP contribution in [0.15, 0.2) is 48.7 Å². The van der Waals surface area contributed by atoms with E-state index in [0.717, 1.165) is 23.1 Å². The van der Waals surface area contributed by atoms with Crippen molar-refractivity contribution in [3.05, 3.63) is 65.5 Å². The number of imide groups is 1. The third-order valence-corrected chi connectivity index (χ3v) is 4.94. The maximum absolute atomic E-state index is 13.0. The number of hydrogen-bond acceptors (Lipinski definition) is 5. The van der Waals surface area contributed by atoms with Gasteiger partial charge in [-0.1, -0.05) is 12.1 Å². The number of benzene rings is 1. The number of hydrogen-bond donors (Lipinski definition) is 1. The van der Waals surface area contributed by atoms with Gasteiger partial charge in [0.2, 0.25) is 11.8 Å². The Kier molecular flexibility index (Phi) is 4.56. The largest absolute Gasteiger partial charge is 0.416 e. The summed E-state index contributed by atoms with van der Waals surface area (Å²) in [6.45, 7) is 1.65. The van der Waals surface area contributed by atoms with Crippen LogP contribution < -0.4 is 10.6 Å². The van der Waals surface area contributed by atoms with E-state index in [1.54, 1.807) is 31.3 Å². The first-order chi connectivity index (χ1) is 14.2. The average molecular weight is 415 g/mol. The van der Waals surface area contributed by atoms with Crippen molar-refractivity contribution in [2.45, 2.75) is 25.4 Å². The SMILES string of the molecule is Cc1nn(-c2ccccn2)c(N)c1C1CC(=O)N(c2cccc(C(F)(F)F)c2)C1=O. The lowest BCUT2D eigenvalue weighted by atomic mass is 9.97. The van der Waals surface area contributed by atoms with Crippen molar-refractivity contribution in [2.24, 2.45) is 0 Å². The number of amides is 2. The number of carbonyl (C=O) groups is 2. The van der Waals surface area contributed by atoms with Crippen molar-refractivity contribution < 1.29 is 22.8 Å². The van der Waals surface area contributed by atoms with Crippen LogP contribution >= 0.6 is 0 Å². The van der Waals surface area contributed by atoms with Gasteiger partial charge in [-0.25, -0.2) is 9.88 Å². The Hall–Kier alpha value is -3.69. The number of aromatic nitrogens is 3. The van der Waals surface area contributed by atoms with Gasteiger partial charge in [-0.3, -0.25) is 9.59 Å². The van der Waals surface area contributed by atoms with Crippen LogP contribution in [0, 0.1) is 6.92 Å². The highest BCUT2D eigenvalue weighted by Crippen LogP contribution is 2.39. The van der Waals surface area contributed by atoms with Crippen LogP contribution in [0.1, 0.15) is 29.2 Å². The molecule has 3 aromatic rings. The molecule has 1 unspecified atom stereocenters. The fraction of sp³-hybridized carbons (Fsp3) is 0.200. The van der Waals surface area contributed by atoms with Crippen molar-refractivity contribution in [1.29, 1.82) is 0 Å². The van der Waals surface area contributed by atoms with Crippen molar-refractivity contribution in [3.63, 3.8) is 0 Å². The van der Waals surface area contributed by atoms with E-state index in [2.05, 4.69) is 10.1 Å². The summed E-state index contributed by atoms with van der Waals surface area (Å²) >= 11 is 0. The molecule has 1 aliphatic rings. The highest BCUT2D eigenvalue weighted by molar-refractivity contribution is 6.23. The Morgan fingerprint density at radius 2 is 1.90 bits per heavy atom. The van der Waals surface area contributed by atoms with Crippen LogP contribution in [0.4, 0.5) is 24.7 Å². The van der Waals surface area contributed by atoms with Gasteiger partial charge in [-0.2, -0.15) is 23.0 Å². The summed E-state index contributed by atoms with van der Waals surface area (Å²) in [5.41, 5.74) is 5.96. The fourth-order valence-electron chi connectivity index (χ4n) is 3.59. The smallest absolute Gasteiger partial charge is 0.383 e. The lowest BCUT2D eigenvalue weighted by Crippen LogP contribution is -2.30. The summed E-state index contributed by atoms with van der Waals surface area (Å²) in [7, 11) is 0. The lowest BCUT2D eigenvalue weighted by molar-refractivity contribution is -0.137. The molecule has 0 radical (unpaired) electrons. The maximum Gasteiger partial charge on any atom is 0.416 e. The highest BCUT2D eigenvalue weighted by Gasteiger charge is 2.43. The zero-order chi connectivity index (χ0) is 21.6. The van der Waals surface area contributed by atoms with Crippen molar-refractivity contribution >= 4 is 23.3 Å². The number of nitrogens with two attached hydrogens (primary N) is 1. The first-order valence-electron chi connectivity index (χ1n) is 8.99. The second kappa shape index (κ2) is 6.97. The molecule has 1 aliphatic heterocycles. The molecular formula is C20H16F3N5O2. The molecule has 2 amide bonds. The molecule has 4 rings (SSSR count). The monoisotopic (exact) mass is 415 g/mol. The number of carbonyl (C=O) groups excluding carboxylic acids is 2. The van der Waals surface area contributed by atoms with E-state index in [-0.39, 0.29) is 17.9 Å². The number of aryl methyl sites for hydroxylation is 1. The van der Waals surface area contributed by atoms with Gasteiger partial charge >= 0.3 is 6.18 Å². The third-order valence-electron chi connectivity index (χ3n) is 4.94. The first kappa shape index (κ1) is 19.6. The highest BCUT2D eigenvalue weighted by atomic mass is 19.4. The molecule has 1 fully saturated rings. The minimum atomic E-state index is -4.59. The summed E-state index contributed by atoms with van der Waals surface area (Å²) < 4.78 is 40.5. The van der Waals surface area contributed by atoms with Gasteiger partial charge < -0.3 is 5.73 Å². The molecule has 1 saturated heterocycles. The van der Waals surface area contributed by atoms with Gasteiger partial charge in [0.05, 0.1) is 22.9 Å². The van der Waals surface area contributed by atoms with Gasteiger partial charge in [-0.05, 0) is 37.3 Å². The Labute approximate surface area is 168 Å². The van der Waals surface area contributed by atoms with E-state index < -0.39 is 29.5 Å². The van der Waals surface area contributed by atoms with Crippen molar-refractivity contribution in [3.8, 4) is 5.82 Å². The second-order valence-corrected chi connectivity index (χ2v) is 6.86. The molecule has 0 aliphatic carbocycles. The Morgan fingerprint density at radius 3 is 2.57 bits per heavy atom. The molecule has 154 valence electrons. The summed E-state index contributed by atoms with van der Waals surface area (Å²) in [5.74, 6) is -1.59. The second-order valence-electron chi connectivity index (χ2n) is 6.86. The van der Waals surface area contributed by atoms with E-state index >= 15 is 0 Å². The van der Waals surface area contributed by atoms with E-state index in [1.165, 1.54) is 10.7 Å². The molecule has 0 spiro atoms. The summed E-state index contributed by atoms with van der Waals surface area (Å²) in [4.78, 5) is 30.6. The fourth-order valence-corrected chi connectivity index (χ4v) is 3.59. The van der Waals surface area contributed by atoms with Gasteiger partial charge in [0.25, 0.3) is 0 Å². The van der Waals surface area contributed by atoms with E-state index in [4.69, 9.17) is 5.73 Å². The number of halogens is 3. The molecule has 0 bridgehead atoms. The zero-order valence-corrected chi connectivity index (χ0v) is 15.7. The molecule has 3 heterocycles. The van der Waals surface area contributed by atoms with Crippen LogP contribution in [0.2, 0.25) is 0 Å². The number of anilines is 2. The van der Waals surface area contributed by atoms with Crippen molar-refractivity contribution in [2.75, 3.05) is 10.6 Å². The van der Waals surface area contributed by atoms with Gasteiger partial charge in [0, 0.05) is 18.2 Å². The normalized spacial score (nSPS) is 17.1. The van der Waals surface area contributed by atoms with Crippen molar-refractivity contribution in [1.82, 2.24) is 14.8 Å². The summed E-state index contributed by atoms with van der Waals surface area (Å²) in [6.07, 6.45) is -3.24. The number of rotatable bonds is 3. The van der Waals surface area contributed by atoms with Crippen LogP contribution in [-0.4, -0.2) is 26.6 Å². The van der Waals surface area contributed by atoms with Crippen LogP contribution in [-0.2, 0) is 15.8 Å². The minimum Gasteiger partial charge on any atom is -0.383 e. The maximum atomic E-state index is 13.0. The molecule has 7 nitrogen and oxygen atoms in total. The van der Waals surface area contributed by atoms with E-state index in [9.17, 15) is 22.8 Å². The first-order valence-corrected chi connectivity index (χ1v) is 8.99. The summed E-state index contributed by atoms with van der Waals surface area (Å²) in [6, 6.07) is 9.27. The quantitative estimate of drug-likeness (QED) is 0.663. The molecule has 1 aromatic carbocycles. The van der Waals surface area contributed by atoms with E-state index in [1.807, 2.05) is 0 Å². The predicted octanol–water partition coefficient (Wildman–Crippen LogP) is 3.22. The lowest BCUT2D eigenvalue weighted by Gasteiger charge is -2.17. The third kappa shape index (κ3) is 3.19. The molecule has 2 aromatic heterocycles. The Balaban J connectivity index is 1.72. The van der Waals surface area contributed by atoms with Gasteiger partial charge in [-0.15, -0.1) is 0 Å². The molecule has 0 saturated carbocycles. The van der Waals surface area contributed by atoms with E-state index in [0.29, 0.717) is 17.1 Å². The summed E-state index contributed by atoms with van der Waals surface area (Å²) in [5, 5.41) is 4.33. The standard InChI is InChI=1S/C20H16F3N5O2/c1-11-17(18(24)28(26-11)15-7-2-3-8-25-15)14-10-16(29)27(19(14)30)13-6-4-5-12(9-13)20(21,22)23/h2-9,14H,10,24H2,1H3. The zero-order valence-electron chi connectivity index (χ0n) is 15.7. The molecule has 30 heavy (non-hydrogen) atoms. The van der Waals surface area contributed by atoms with Crippen LogP contribution in [0.5, 0.6) is 0 Å². The van der Waals surface area contributed by atoms with Gasteiger partial charge in [0.1, 0.15) is 5.82 Å². The molecule has 10 heteroatoms. The average Bonchev–Trinajstić information content (AvgIpc) is 3.16.